The van der Waals surface area contributed by atoms with Crippen molar-refractivity contribution in [1.82, 2.24) is 10.2 Å². The first-order valence-electron chi connectivity index (χ1n) is 8.60. The summed E-state index contributed by atoms with van der Waals surface area (Å²) < 4.78 is 24.5. The second-order valence-electron chi connectivity index (χ2n) is 6.81. The molecule has 1 amide bonds. The normalized spacial score (nSPS) is 19.0. The van der Waals surface area contributed by atoms with Crippen LogP contribution >= 0.6 is 0 Å². The van der Waals surface area contributed by atoms with Crippen molar-refractivity contribution in [3.8, 4) is 5.75 Å². The number of carbonyl (C=O) groups excluding carboxylic acids is 1. The number of hydrogen-bond acceptors (Lipinski definition) is 4. The fraction of sp³-hybridized carbons (Fsp3) is 0.611. The number of amides is 1. The molecule has 132 valence electrons. The van der Waals surface area contributed by atoms with Gasteiger partial charge in [-0.3, -0.25) is 9.69 Å². The number of rotatable bonds is 5. The van der Waals surface area contributed by atoms with E-state index in [0.29, 0.717) is 23.5 Å². The van der Waals surface area contributed by atoms with E-state index in [1.807, 2.05) is 0 Å². The Labute approximate surface area is 142 Å². The number of nitrogens with one attached hydrogen (secondary N) is 1. The number of benzene rings is 1. The molecule has 2 aliphatic heterocycles. The molecule has 0 spiro atoms. The summed E-state index contributed by atoms with van der Waals surface area (Å²) in [6, 6.07) is 2.70. The van der Waals surface area contributed by atoms with Gasteiger partial charge in [0.15, 0.2) is 6.79 Å². The molecule has 2 aliphatic rings. The van der Waals surface area contributed by atoms with Gasteiger partial charge in [-0.25, -0.2) is 4.39 Å². The SMILES string of the molecule is CC(C)[C@@H](C(=O)NCc1cc(F)cc2c1OCOC2)N1CCCC1. The third-order valence-corrected chi connectivity index (χ3v) is 4.64. The summed E-state index contributed by atoms with van der Waals surface area (Å²) >= 11 is 0. The van der Waals surface area contributed by atoms with E-state index in [9.17, 15) is 9.18 Å². The lowest BCUT2D eigenvalue weighted by molar-refractivity contribution is -0.127. The first-order valence-corrected chi connectivity index (χ1v) is 8.60. The van der Waals surface area contributed by atoms with Crippen LogP contribution in [0.15, 0.2) is 12.1 Å². The molecule has 2 heterocycles. The predicted molar refractivity (Wildman–Crippen MR) is 88.0 cm³/mol. The molecule has 0 aromatic heterocycles. The number of halogens is 1. The minimum absolute atomic E-state index is 0.00280. The molecule has 0 radical (unpaired) electrons. The summed E-state index contributed by atoms with van der Waals surface area (Å²) in [6.45, 7) is 6.80. The Morgan fingerprint density at radius 3 is 2.79 bits per heavy atom. The second kappa shape index (κ2) is 7.49. The first kappa shape index (κ1) is 17.2. The quantitative estimate of drug-likeness (QED) is 0.897. The Morgan fingerprint density at radius 2 is 2.08 bits per heavy atom. The lowest BCUT2D eigenvalue weighted by atomic mass is 10.0. The maximum Gasteiger partial charge on any atom is 0.237 e. The van der Waals surface area contributed by atoms with Crippen LogP contribution in [0.1, 0.15) is 37.8 Å². The Hall–Kier alpha value is -1.66. The van der Waals surface area contributed by atoms with Crippen LogP contribution in [0, 0.1) is 11.7 Å². The summed E-state index contributed by atoms with van der Waals surface area (Å²) in [5.41, 5.74) is 1.34. The highest BCUT2D eigenvalue weighted by Gasteiger charge is 2.30. The lowest BCUT2D eigenvalue weighted by Gasteiger charge is -2.29. The zero-order chi connectivity index (χ0) is 17.1. The summed E-state index contributed by atoms with van der Waals surface area (Å²) in [5.74, 6) is 0.517. The topological polar surface area (TPSA) is 50.8 Å². The van der Waals surface area contributed by atoms with Crippen LogP contribution in [-0.2, 0) is 22.7 Å². The van der Waals surface area contributed by atoms with Crippen LogP contribution in [0.25, 0.3) is 0 Å². The van der Waals surface area contributed by atoms with E-state index in [-0.39, 0.29) is 37.0 Å². The maximum absolute atomic E-state index is 13.8. The number of nitrogens with zero attached hydrogens (tertiary/aromatic N) is 1. The zero-order valence-electron chi connectivity index (χ0n) is 14.3. The van der Waals surface area contributed by atoms with Gasteiger partial charge in [0.2, 0.25) is 5.91 Å². The van der Waals surface area contributed by atoms with Gasteiger partial charge >= 0.3 is 0 Å². The van der Waals surface area contributed by atoms with Crippen molar-refractivity contribution in [1.29, 1.82) is 0 Å². The summed E-state index contributed by atoms with van der Waals surface area (Å²) in [4.78, 5) is 14.9. The van der Waals surface area contributed by atoms with E-state index in [1.54, 1.807) is 0 Å². The first-order chi connectivity index (χ1) is 11.6. The molecule has 1 atom stereocenters. The molecule has 1 fully saturated rings. The van der Waals surface area contributed by atoms with Crippen LogP contribution < -0.4 is 10.1 Å². The van der Waals surface area contributed by atoms with Crippen LogP contribution in [-0.4, -0.2) is 36.7 Å². The standard InChI is InChI=1S/C18H25FN2O3/c1-12(2)16(21-5-3-4-6-21)18(22)20-9-13-7-15(19)8-14-10-23-11-24-17(13)14/h7-8,12,16H,3-6,9-11H2,1-2H3,(H,20,22)/t16-/m0/s1. The fourth-order valence-corrected chi connectivity index (χ4v) is 3.58. The average molecular weight is 336 g/mol. The van der Waals surface area contributed by atoms with E-state index in [2.05, 4.69) is 24.1 Å². The van der Waals surface area contributed by atoms with Gasteiger partial charge in [-0.15, -0.1) is 0 Å². The molecule has 24 heavy (non-hydrogen) atoms. The number of likely N-dealkylation sites (tertiary alicyclic amines) is 1. The van der Waals surface area contributed by atoms with Crippen molar-refractivity contribution >= 4 is 5.91 Å². The van der Waals surface area contributed by atoms with E-state index in [1.165, 1.54) is 12.1 Å². The van der Waals surface area contributed by atoms with Gasteiger partial charge in [-0.2, -0.15) is 0 Å². The molecule has 1 saturated heterocycles. The van der Waals surface area contributed by atoms with Crippen molar-refractivity contribution in [2.24, 2.45) is 5.92 Å². The highest BCUT2D eigenvalue weighted by molar-refractivity contribution is 5.82. The van der Waals surface area contributed by atoms with Gasteiger partial charge < -0.3 is 14.8 Å². The third-order valence-electron chi connectivity index (χ3n) is 4.64. The number of hydrogen-bond donors (Lipinski definition) is 1. The monoisotopic (exact) mass is 336 g/mol. The van der Waals surface area contributed by atoms with Crippen molar-refractivity contribution in [2.45, 2.75) is 45.9 Å². The zero-order valence-corrected chi connectivity index (χ0v) is 14.3. The van der Waals surface area contributed by atoms with Crippen molar-refractivity contribution in [3.63, 3.8) is 0 Å². The van der Waals surface area contributed by atoms with Gasteiger partial charge in [-0.05, 0) is 44.0 Å². The molecule has 5 nitrogen and oxygen atoms in total. The average Bonchev–Trinajstić information content (AvgIpc) is 3.06. The lowest BCUT2D eigenvalue weighted by Crippen LogP contribution is -2.48. The predicted octanol–water partition coefficient (Wildman–Crippen LogP) is 2.43. The van der Waals surface area contributed by atoms with E-state index >= 15 is 0 Å². The molecule has 1 aromatic rings. The highest BCUT2D eigenvalue weighted by atomic mass is 19.1. The van der Waals surface area contributed by atoms with Gasteiger partial charge in [0.05, 0.1) is 12.6 Å². The Balaban J connectivity index is 1.70. The van der Waals surface area contributed by atoms with Crippen molar-refractivity contribution < 1.29 is 18.7 Å². The fourth-order valence-electron chi connectivity index (χ4n) is 3.58. The van der Waals surface area contributed by atoms with Gasteiger partial charge in [0, 0.05) is 17.7 Å². The van der Waals surface area contributed by atoms with Gasteiger partial charge in [0.25, 0.3) is 0 Å². The number of fused-ring (bicyclic) bond motifs is 1. The molecular formula is C18H25FN2O3. The van der Waals surface area contributed by atoms with Crippen LogP contribution in [0.4, 0.5) is 4.39 Å². The van der Waals surface area contributed by atoms with Gasteiger partial charge in [-0.1, -0.05) is 13.8 Å². The summed E-state index contributed by atoms with van der Waals surface area (Å²) in [5, 5.41) is 2.97. The summed E-state index contributed by atoms with van der Waals surface area (Å²) in [6.07, 6.45) is 2.28. The van der Waals surface area contributed by atoms with E-state index < -0.39 is 0 Å². The van der Waals surface area contributed by atoms with Crippen LogP contribution in [0.2, 0.25) is 0 Å². The molecule has 1 aromatic carbocycles. The van der Waals surface area contributed by atoms with Crippen molar-refractivity contribution in [3.05, 3.63) is 29.1 Å². The molecular weight excluding hydrogens is 311 g/mol. The summed E-state index contributed by atoms with van der Waals surface area (Å²) in [7, 11) is 0. The molecule has 0 aliphatic carbocycles. The minimum atomic E-state index is -0.341. The molecule has 0 bridgehead atoms. The molecule has 0 unspecified atom stereocenters. The van der Waals surface area contributed by atoms with E-state index in [4.69, 9.17) is 9.47 Å². The highest BCUT2D eigenvalue weighted by Crippen LogP contribution is 2.29. The number of carbonyl (C=O) groups is 1. The Morgan fingerprint density at radius 1 is 1.33 bits per heavy atom. The largest absolute Gasteiger partial charge is 0.467 e. The molecule has 1 N–H and O–H groups in total. The smallest absolute Gasteiger partial charge is 0.237 e. The Bertz CT molecular complexity index is 600. The molecule has 3 rings (SSSR count). The van der Waals surface area contributed by atoms with Crippen LogP contribution in [0.5, 0.6) is 5.75 Å². The second-order valence-corrected chi connectivity index (χ2v) is 6.81. The molecule has 0 saturated carbocycles. The number of ether oxygens (including phenoxy) is 2. The van der Waals surface area contributed by atoms with Gasteiger partial charge in [0.1, 0.15) is 11.6 Å². The van der Waals surface area contributed by atoms with Crippen LogP contribution in [0.3, 0.4) is 0 Å². The third kappa shape index (κ3) is 3.70. The maximum atomic E-state index is 13.8. The molecule has 6 heteroatoms. The minimum Gasteiger partial charge on any atom is -0.467 e. The van der Waals surface area contributed by atoms with E-state index in [0.717, 1.165) is 25.9 Å². The van der Waals surface area contributed by atoms with Crippen molar-refractivity contribution in [2.75, 3.05) is 19.9 Å². The Kier molecular flexibility index (Phi) is 5.36.